The van der Waals surface area contributed by atoms with E-state index in [0.717, 1.165) is 12.1 Å². The fraction of sp³-hybridized carbons (Fsp3) is 0.533. The van der Waals surface area contributed by atoms with Gasteiger partial charge in [0.05, 0.1) is 18.7 Å². The summed E-state index contributed by atoms with van der Waals surface area (Å²) in [5, 5.41) is 0. The minimum absolute atomic E-state index is 0.173. The second-order valence-corrected chi connectivity index (χ2v) is 6.30. The van der Waals surface area contributed by atoms with Gasteiger partial charge in [-0.25, -0.2) is 9.18 Å². The minimum atomic E-state index is -4.65. The first kappa shape index (κ1) is 17.4. The normalized spacial score (nSPS) is 16.0. The molecule has 4 nitrogen and oxygen atoms in total. The Morgan fingerprint density at radius 2 is 1.78 bits per heavy atom. The molecule has 0 spiro atoms. The van der Waals surface area contributed by atoms with E-state index in [1.165, 1.54) is 4.90 Å². The third-order valence-electron chi connectivity index (χ3n) is 3.00. The van der Waals surface area contributed by atoms with Gasteiger partial charge in [-0.2, -0.15) is 13.2 Å². The van der Waals surface area contributed by atoms with E-state index >= 15 is 0 Å². The van der Waals surface area contributed by atoms with Crippen molar-refractivity contribution in [1.82, 2.24) is 4.90 Å². The molecule has 1 aromatic carbocycles. The van der Waals surface area contributed by atoms with Gasteiger partial charge in [0.15, 0.2) is 0 Å². The van der Waals surface area contributed by atoms with Gasteiger partial charge in [0.1, 0.15) is 23.3 Å². The van der Waals surface area contributed by atoms with Crippen molar-refractivity contribution in [3.63, 3.8) is 0 Å². The molecule has 0 radical (unpaired) electrons. The van der Waals surface area contributed by atoms with E-state index in [9.17, 15) is 22.4 Å². The molecular weight excluding hydrogens is 318 g/mol. The van der Waals surface area contributed by atoms with Crippen molar-refractivity contribution in [3.05, 3.63) is 29.6 Å². The maximum absolute atomic E-state index is 13.3. The summed E-state index contributed by atoms with van der Waals surface area (Å²) >= 11 is 0. The SMILES string of the molecule is CC(C)(C)OC(=O)N1CC(Oc2cc(F)cc(C(F)(F)F)c2)C1. The molecule has 0 bridgehead atoms. The number of carbonyl (C=O) groups is 1. The summed E-state index contributed by atoms with van der Waals surface area (Å²) in [6.45, 7) is 5.53. The topological polar surface area (TPSA) is 38.8 Å². The molecular formula is C15H17F4NO3. The summed E-state index contributed by atoms with van der Waals surface area (Å²) in [5.74, 6) is -1.25. The van der Waals surface area contributed by atoms with Gasteiger partial charge in [0.2, 0.25) is 0 Å². The lowest BCUT2D eigenvalue weighted by atomic mass is 10.1. The standard InChI is InChI=1S/C15H17F4NO3/c1-14(2,3)23-13(21)20-7-12(8-20)22-11-5-9(15(17,18)19)4-10(16)6-11/h4-6,12H,7-8H2,1-3H3. The first-order chi connectivity index (χ1) is 10.4. The van der Waals surface area contributed by atoms with Gasteiger partial charge in [0.25, 0.3) is 0 Å². The van der Waals surface area contributed by atoms with Crippen molar-refractivity contribution in [3.8, 4) is 5.75 Å². The molecule has 1 aliphatic rings. The molecule has 128 valence electrons. The Balaban J connectivity index is 1.93. The second-order valence-electron chi connectivity index (χ2n) is 6.30. The summed E-state index contributed by atoms with van der Waals surface area (Å²) in [5.41, 5.74) is -1.75. The lowest BCUT2D eigenvalue weighted by Gasteiger charge is -2.39. The first-order valence-electron chi connectivity index (χ1n) is 6.96. The minimum Gasteiger partial charge on any atom is -0.487 e. The zero-order valence-electron chi connectivity index (χ0n) is 12.9. The molecule has 1 saturated heterocycles. The molecule has 0 aromatic heterocycles. The van der Waals surface area contributed by atoms with E-state index in [1.807, 2.05) is 0 Å². The van der Waals surface area contributed by atoms with E-state index < -0.39 is 35.4 Å². The lowest BCUT2D eigenvalue weighted by Crippen LogP contribution is -2.57. The van der Waals surface area contributed by atoms with Crippen LogP contribution in [0.4, 0.5) is 22.4 Å². The van der Waals surface area contributed by atoms with E-state index in [2.05, 4.69) is 0 Å². The highest BCUT2D eigenvalue weighted by Gasteiger charge is 2.36. The van der Waals surface area contributed by atoms with Crippen LogP contribution in [0.25, 0.3) is 0 Å². The molecule has 0 atom stereocenters. The van der Waals surface area contributed by atoms with Crippen LogP contribution >= 0.6 is 0 Å². The molecule has 0 aliphatic carbocycles. The fourth-order valence-corrected chi connectivity index (χ4v) is 1.98. The van der Waals surface area contributed by atoms with E-state index in [4.69, 9.17) is 9.47 Å². The highest BCUT2D eigenvalue weighted by atomic mass is 19.4. The molecule has 23 heavy (non-hydrogen) atoms. The van der Waals surface area contributed by atoms with Crippen LogP contribution in [0.5, 0.6) is 5.75 Å². The van der Waals surface area contributed by atoms with Crippen LogP contribution in [-0.4, -0.2) is 35.8 Å². The molecule has 1 amide bonds. The number of halogens is 4. The fourth-order valence-electron chi connectivity index (χ4n) is 1.98. The smallest absolute Gasteiger partial charge is 0.416 e. The van der Waals surface area contributed by atoms with Crippen LogP contribution in [0.15, 0.2) is 18.2 Å². The predicted molar refractivity (Wildman–Crippen MR) is 73.6 cm³/mol. The monoisotopic (exact) mass is 335 g/mol. The molecule has 0 unspecified atom stereocenters. The highest BCUT2D eigenvalue weighted by Crippen LogP contribution is 2.33. The van der Waals surface area contributed by atoms with Gasteiger partial charge in [-0.15, -0.1) is 0 Å². The Morgan fingerprint density at radius 3 is 2.30 bits per heavy atom. The molecule has 1 aromatic rings. The highest BCUT2D eigenvalue weighted by molar-refractivity contribution is 5.69. The van der Waals surface area contributed by atoms with Gasteiger partial charge in [-0.05, 0) is 32.9 Å². The molecule has 0 N–H and O–H groups in total. The van der Waals surface area contributed by atoms with Crippen molar-refractivity contribution in [2.45, 2.75) is 38.7 Å². The number of likely N-dealkylation sites (tertiary alicyclic amines) is 1. The van der Waals surface area contributed by atoms with Gasteiger partial charge < -0.3 is 14.4 Å². The third kappa shape index (κ3) is 4.74. The van der Waals surface area contributed by atoms with Crippen LogP contribution in [0, 0.1) is 5.82 Å². The number of alkyl halides is 3. The van der Waals surface area contributed by atoms with Crippen LogP contribution in [0.3, 0.4) is 0 Å². The number of rotatable bonds is 2. The molecule has 0 saturated carbocycles. The van der Waals surface area contributed by atoms with Crippen LogP contribution in [-0.2, 0) is 10.9 Å². The largest absolute Gasteiger partial charge is 0.487 e. The number of hydrogen-bond acceptors (Lipinski definition) is 3. The zero-order chi connectivity index (χ0) is 17.4. The number of ether oxygens (including phenoxy) is 2. The Labute approximate surface area is 131 Å². The first-order valence-corrected chi connectivity index (χ1v) is 6.96. The van der Waals surface area contributed by atoms with Gasteiger partial charge in [-0.3, -0.25) is 0 Å². The van der Waals surface area contributed by atoms with Gasteiger partial charge in [0, 0.05) is 6.07 Å². The number of carbonyl (C=O) groups excluding carboxylic acids is 1. The van der Waals surface area contributed by atoms with Crippen LogP contribution in [0.2, 0.25) is 0 Å². The molecule has 1 heterocycles. The molecule has 1 fully saturated rings. The Hall–Kier alpha value is -1.99. The van der Waals surface area contributed by atoms with E-state index in [0.29, 0.717) is 6.07 Å². The zero-order valence-corrected chi connectivity index (χ0v) is 12.9. The van der Waals surface area contributed by atoms with Crippen molar-refractivity contribution < 1.29 is 31.8 Å². The predicted octanol–water partition coefficient (Wildman–Crippen LogP) is 3.84. The van der Waals surface area contributed by atoms with E-state index in [-0.39, 0.29) is 18.8 Å². The number of amides is 1. The van der Waals surface area contributed by atoms with Gasteiger partial charge in [-0.1, -0.05) is 0 Å². The molecule has 8 heteroatoms. The van der Waals surface area contributed by atoms with Crippen molar-refractivity contribution in [2.24, 2.45) is 0 Å². The van der Waals surface area contributed by atoms with Crippen molar-refractivity contribution >= 4 is 6.09 Å². The summed E-state index contributed by atoms with van der Waals surface area (Å²) in [6.07, 6.45) is -5.67. The maximum atomic E-state index is 13.3. The van der Waals surface area contributed by atoms with Crippen molar-refractivity contribution in [2.75, 3.05) is 13.1 Å². The quantitative estimate of drug-likeness (QED) is 0.771. The van der Waals surface area contributed by atoms with E-state index in [1.54, 1.807) is 20.8 Å². The van der Waals surface area contributed by atoms with Crippen LogP contribution in [0.1, 0.15) is 26.3 Å². The van der Waals surface area contributed by atoms with Gasteiger partial charge >= 0.3 is 12.3 Å². The van der Waals surface area contributed by atoms with Crippen molar-refractivity contribution in [1.29, 1.82) is 0 Å². The Kier molecular flexibility index (Phi) is 4.45. The summed E-state index contributed by atoms with van der Waals surface area (Å²) in [7, 11) is 0. The molecule has 1 aliphatic heterocycles. The average molecular weight is 335 g/mol. The third-order valence-corrected chi connectivity index (χ3v) is 3.00. The number of nitrogens with zero attached hydrogens (tertiary/aromatic N) is 1. The lowest BCUT2D eigenvalue weighted by molar-refractivity contribution is -0.138. The Morgan fingerprint density at radius 1 is 1.17 bits per heavy atom. The number of benzene rings is 1. The second kappa shape index (κ2) is 5.90. The maximum Gasteiger partial charge on any atom is 0.416 e. The summed E-state index contributed by atoms with van der Waals surface area (Å²) in [6, 6.07) is 2.02. The van der Waals surface area contributed by atoms with Crippen LogP contribution < -0.4 is 4.74 Å². The number of hydrogen-bond donors (Lipinski definition) is 0. The summed E-state index contributed by atoms with van der Waals surface area (Å²) in [4.78, 5) is 13.1. The average Bonchev–Trinajstić information content (AvgIpc) is 2.29. The Bertz CT molecular complexity index is 589. The molecule has 2 rings (SSSR count). The summed E-state index contributed by atoms with van der Waals surface area (Å²) < 4.78 is 61.5.